The Balaban J connectivity index is 2.24. The molecular weight excluding hydrogens is 241 g/mol. The van der Waals surface area contributed by atoms with Gasteiger partial charge in [-0.05, 0) is 6.07 Å². The molecule has 7 heteroatoms. The van der Waals surface area contributed by atoms with Gasteiger partial charge in [-0.15, -0.1) is 0 Å². The highest BCUT2D eigenvalue weighted by Crippen LogP contribution is 2.37. The lowest BCUT2D eigenvalue weighted by Crippen LogP contribution is -2.19. The quantitative estimate of drug-likeness (QED) is 0.769. The van der Waals surface area contributed by atoms with Crippen molar-refractivity contribution in [2.24, 2.45) is 0 Å². The molecular formula is C10H7F3O4. The Bertz CT molecular complexity index is 442. The molecule has 1 aromatic carbocycles. The molecule has 4 nitrogen and oxygen atoms in total. The van der Waals surface area contributed by atoms with Gasteiger partial charge in [0.15, 0.2) is 24.4 Å². The van der Waals surface area contributed by atoms with Crippen LogP contribution in [-0.2, 0) is 0 Å². The van der Waals surface area contributed by atoms with Crippen molar-refractivity contribution in [1.82, 2.24) is 0 Å². The lowest BCUT2D eigenvalue weighted by atomic mass is 10.2. The molecule has 2 rings (SSSR count). The van der Waals surface area contributed by atoms with Crippen molar-refractivity contribution in [3.8, 4) is 17.2 Å². The number of carbonyl (C=O) groups is 1. The van der Waals surface area contributed by atoms with E-state index in [-0.39, 0.29) is 23.9 Å². The van der Waals surface area contributed by atoms with E-state index in [9.17, 15) is 18.0 Å². The maximum atomic E-state index is 12.0. The molecule has 0 aliphatic carbocycles. The van der Waals surface area contributed by atoms with E-state index in [0.717, 1.165) is 0 Å². The third-order valence-corrected chi connectivity index (χ3v) is 2.02. The number of fused-ring (bicyclic) bond motifs is 1. The Morgan fingerprint density at radius 3 is 2.53 bits per heavy atom. The smallest absolute Gasteiger partial charge is 0.422 e. The van der Waals surface area contributed by atoms with Gasteiger partial charge in [-0.1, -0.05) is 0 Å². The molecule has 0 saturated heterocycles. The van der Waals surface area contributed by atoms with Crippen LogP contribution in [0.15, 0.2) is 12.1 Å². The first-order chi connectivity index (χ1) is 7.99. The summed E-state index contributed by atoms with van der Waals surface area (Å²) in [5, 5.41) is 0. The summed E-state index contributed by atoms with van der Waals surface area (Å²) in [7, 11) is 0. The standard InChI is InChI=1S/C10H7F3O4/c11-10(12,13)4-15-7-2-9-8(16-5-17-9)1-6(7)3-14/h1-3H,4-5H2. The summed E-state index contributed by atoms with van der Waals surface area (Å²) in [5.74, 6) is 0.390. The molecule has 0 atom stereocenters. The Kier molecular flexibility index (Phi) is 2.83. The van der Waals surface area contributed by atoms with Crippen molar-refractivity contribution in [1.29, 1.82) is 0 Å². The predicted molar refractivity (Wildman–Crippen MR) is 49.5 cm³/mol. The van der Waals surface area contributed by atoms with Crippen molar-refractivity contribution in [2.45, 2.75) is 6.18 Å². The zero-order chi connectivity index (χ0) is 12.5. The normalized spacial score (nSPS) is 13.6. The van der Waals surface area contributed by atoms with Crippen LogP contribution in [-0.4, -0.2) is 25.9 Å². The van der Waals surface area contributed by atoms with Gasteiger partial charge in [-0.2, -0.15) is 13.2 Å². The molecule has 1 heterocycles. The first-order valence-electron chi connectivity index (χ1n) is 4.58. The van der Waals surface area contributed by atoms with Gasteiger partial charge in [0.2, 0.25) is 6.79 Å². The fourth-order valence-electron chi connectivity index (χ4n) is 1.32. The maximum Gasteiger partial charge on any atom is 0.422 e. The van der Waals surface area contributed by atoms with E-state index in [4.69, 9.17) is 9.47 Å². The third-order valence-electron chi connectivity index (χ3n) is 2.02. The van der Waals surface area contributed by atoms with Gasteiger partial charge in [0.25, 0.3) is 0 Å². The van der Waals surface area contributed by atoms with Crippen molar-refractivity contribution < 1.29 is 32.2 Å². The van der Waals surface area contributed by atoms with E-state index in [1.165, 1.54) is 12.1 Å². The van der Waals surface area contributed by atoms with E-state index in [1.54, 1.807) is 0 Å². The average molecular weight is 248 g/mol. The van der Waals surface area contributed by atoms with Crippen molar-refractivity contribution in [3.05, 3.63) is 17.7 Å². The molecule has 0 unspecified atom stereocenters. The highest BCUT2D eigenvalue weighted by molar-refractivity contribution is 5.81. The Labute approximate surface area is 93.9 Å². The molecule has 92 valence electrons. The number of hydrogen-bond acceptors (Lipinski definition) is 4. The summed E-state index contributed by atoms with van der Waals surface area (Å²) < 4.78 is 50.4. The zero-order valence-electron chi connectivity index (χ0n) is 8.41. The Hall–Kier alpha value is -1.92. The van der Waals surface area contributed by atoms with Crippen LogP contribution in [0.1, 0.15) is 10.4 Å². The third kappa shape index (κ3) is 2.61. The van der Waals surface area contributed by atoms with E-state index >= 15 is 0 Å². The number of hydrogen-bond donors (Lipinski definition) is 0. The van der Waals surface area contributed by atoms with Gasteiger partial charge in [-0.3, -0.25) is 4.79 Å². The van der Waals surface area contributed by atoms with Crippen LogP contribution >= 0.6 is 0 Å². The molecule has 1 aliphatic heterocycles. The van der Waals surface area contributed by atoms with Crippen LogP contribution in [0.4, 0.5) is 13.2 Å². The second-order valence-corrected chi connectivity index (χ2v) is 3.26. The number of aldehydes is 1. The largest absolute Gasteiger partial charge is 0.483 e. The fourth-order valence-corrected chi connectivity index (χ4v) is 1.32. The van der Waals surface area contributed by atoms with Gasteiger partial charge in [0.1, 0.15) is 5.75 Å². The summed E-state index contributed by atoms with van der Waals surface area (Å²) in [4.78, 5) is 10.7. The molecule has 1 aliphatic rings. The highest BCUT2D eigenvalue weighted by Gasteiger charge is 2.29. The van der Waals surface area contributed by atoms with Crippen LogP contribution in [0.2, 0.25) is 0 Å². The molecule has 0 bridgehead atoms. The number of alkyl halides is 3. The molecule has 17 heavy (non-hydrogen) atoms. The summed E-state index contributed by atoms with van der Waals surface area (Å²) in [6.07, 6.45) is -4.07. The minimum absolute atomic E-state index is 0.0153. The molecule has 0 aromatic heterocycles. The van der Waals surface area contributed by atoms with Crippen LogP contribution in [0.3, 0.4) is 0 Å². The molecule has 0 spiro atoms. The van der Waals surface area contributed by atoms with Gasteiger partial charge < -0.3 is 14.2 Å². The number of halogens is 3. The summed E-state index contributed by atoms with van der Waals surface area (Å²) in [5.41, 5.74) is -0.0153. The van der Waals surface area contributed by atoms with E-state index in [0.29, 0.717) is 12.0 Å². The number of carbonyl (C=O) groups excluding carboxylic acids is 1. The average Bonchev–Trinajstić information content (AvgIpc) is 2.70. The number of ether oxygens (including phenoxy) is 3. The van der Waals surface area contributed by atoms with Gasteiger partial charge in [0.05, 0.1) is 5.56 Å². The minimum Gasteiger partial charge on any atom is -0.483 e. The number of benzene rings is 1. The predicted octanol–water partition coefficient (Wildman–Crippen LogP) is 2.17. The Morgan fingerprint density at radius 2 is 1.94 bits per heavy atom. The molecule has 0 amide bonds. The van der Waals surface area contributed by atoms with Crippen molar-refractivity contribution >= 4 is 6.29 Å². The first-order valence-corrected chi connectivity index (χ1v) is 4.58. The molecule has 0 saturated carbocycles. The van der Waals surface area contributed by atoms with Crippen LogP contribution in [0.5, 0.6) is 17.2 Å². The lowest BCUT2D eigenvalue weighted by Gasteiger charge is -2.11. The van der Waals surface area contributed by atoms with E-state index < -0.39 is 12.8 Å². The van der Waals surface area contributed by atoms with Gasteiger partial charge in [-0.25, -0.2) is 0 Å². The second kappa shape index (κ2) is 4.15. The van der Waals surface area contributed by atoms with Crippen LogP contribution < -0.4 is 14.2 Å². The Morgan fingerprint density at radius 1 is 1.29 bits per heavy atom. The molecule has 0 fully saturated rings. The van der Waals surface area contributed by atoms with E-state index in [2.05, 4.69) is 4.74 Å². The molecule has 1 aromatic rings. The van der Waals surface area contributed by atoms with Gasteiger partial charge in [0, 0.05) is 6.07 Å². The summed E-state index contributed by atoms with van der Waals surface area (Å²) in [6, 6.07) is 2.48. The van der Waals surface area contributed by atoms with E-state index in [1.807, 2.05) is 0 Å². The lowest BCUT2D eigenvalue weighted by molar-refractivity contribution is -0.153. The first kappa shape index (κ1) is 11.6. The second-order valence-electron chi connectivity index (χ2n) is 3.26. The van der Waals surface area contributed by atoms with Crippen LogP contribution in [0, 0.1) is 0 Å². The SMILES string of the molecule is O=Cc1cc2c(cc1OCC(F)(F)F)OCO2. The fraction of sp³-hybridized carbons (Fsp3) is 0.300. The summed E-state index contributed by atoms with van der Waals surface area (Å²) >= 11 is 0. The maximum absolute atomic E-state index is 12.0. The molecule has 0 radical (unpaired) electrons. The molecule has 0 N–H and O–H groups in total. The zero-order valence-corrected chi connectivity index (χ0v) is 8.41. The topological polar surface area (TPSA) is 44.8 Å². The number of rotatable bonds is 3. The van der Waals surface area contributed by atoms with Gasteiger partial charge >= 0.3 is 6.18 Å². The van der Waals surface area contributed by atoms with Crippen molar-refractivity contribution in [2.75, 3.05) is 13.4 Å². The van der Waals surface area contributed by atoms with Crippen LogP contribution in [0.25, 0.3) is 0 Å². The highest BCUT2D eigenvalue weighted by atomic mass is 19.4. The summed E-state index contributed by atoms with van der Waals surface area (Å²) in [6.45, 7) is -1.50. The minimum atomic E-state index is -4.46. The van der Waals surface area contributed by atoms with Crippen molar-refractivity contribution in [3.63, 3.8) is 0 Å². The monoisotopic (exact) mass is 248 g/mol.